The maximum absolute atomic E-state index is 13.7. The van der Waals surface area contributed by atoms with Gasteiger partial charge in [-0.25, -0.2) is 17.2 Å². The van der Waals surface area contributed by atoms with Gasteiger partial charge >= 0.3 is 0 Å². The van der Waals surface area contributed by atoms with Crippen LogP contribution in [0.25, 0.3) is 0 Å². The second kappa shape index (κ2) is 10.9. The van der Waals surface area contributed by atoms with Crippen LogP contribution in [-0.4, -0.2) is 53.9 Å². The zero-order valence-corrected chi connectivity index (χ0v) is 22.2. The molecule has 2 saturated carbocycles. The quantitative estimate of drug-likeness (QED) is 0.384. The molecule has 12 heteroatoms. The molecule has 2 fully saturated rings. The highest BCUT2D eigenvalue weighted by Gasteiger charge is 2.56. The maximum atomic E-state index is 13.7. The third-order valence-corrected chi connectivity index (χ3v) is 10.2. The van der Waals surface area contributed by atoms with Crippen molar-refractivity contribution in [2.45, 2.75) is 60.9 Å². The summed E-state index contributed by atoms with van der Waals surface area (Å²) in [5.41, 5.74) is -1.39. The molecule has 0 spiro atoms. The van der Waals surface area contributed by atoms with Crippen LogP contribution in [0.15, 0.2) is 41.3 Å². The first kappa shape index (κ1) is 28.4. The van der Waals surface area contributed by atoms with Crippen molar-refractivity contribution < 1.29 is 37.0 Å². The van der Waals surface area contributed by atoms with Crippen molar-refractivity contribution in [2.24, 2.45) is 11.8 Å². The fourth-order valence-electron chi connectivity index (χ4n) is 5.55. The number of benzene rings is 2. The predicted octanol–water partition coefficient (Wildman–Crippen LogP) is 3.45. The van der Waals surface area contributed by atoms with E-state index in [9.17, 15) is 37.0 Å². The fourth-order valence-corrected chi connectivity index (χ4v) is 7.95. The van der Waals surface area contributed by atoms with Gasteiger partial charge in [0, 0.05) is 23.9 Å². The Hall–Kier alpha value is -2.60. The Morgan fingerprint density at radius 1 is 1.11 bits per heavy atom. The summed E-state index contributed by atoms with van der Waals surface area (Å²) in [4.78, 5) is 24.8. The van der Waals surface area contributed by atoms with Crippen LogP contribution in [0, 0.1) is 23.5 Å². The van der Waals surface area contributed by atoms with Crippen LogP contribution >= 0.6 is 11.6 Å². The molecular weight excluding hydrogens is 542 g/mol. The van der Waals surface area contributed by atoms with Crippen LogP contribution in [0.1, 0.15) is 49.4 Å². The Kier molecular flexibility index (Phi) is 8.13. The minimum absolute atomic E-state index is 0.00567. The van der Waals surface area contributed by atoms with Crippen molar-refractivity contribution in [3.05, 3.63) is 58.6 Å². The molecule has 2 bridgehead atoms. The van der Waals surface area contributed by atoms with Crippen molar-refractivity contribution >= 4 is 38.9 Å². The lowest BCUT2D eigenvalue weighted by Gasteiger charge is -2.42. The molecule has 0 aliphatic heterocycles. The molecule has 206 valence electrons. The molecule has 2 aliphatic carbocycles. The number of carbonyl (C=O) groups excluding carboxylic acids is 2. The second-order valence-electron chi connectivity index (χ2n) is 10.2. The van der Waals surface area contributed by atoms with Gasteiger partial charge in [-0.15, -0.1) is 0 Å². The summed E-state index contributed by atoms with van der Waals surface area (Å²) in [5.74, 6) is -4.19. The summed E-state index contributed by atoms with van der Waals surface area (Å²) < 4.78 is 54.0. The highest BCUT2D eigenvalue weighted by molar-refractivity contribution is 7.92. The van der Waals surface area contributed by atoms with Gasteiger partial charge in [-0.1, -0.05) is 11.6 Å². The highest BCUT2D eigenvalue weighted by atomic mass is 35.5. The van der Waals surface area contributed by atoms with Crippen LogP contribution in [0.4, 0.5) is 14.5 Å². The zero-order valence-electron chi connectivity index (χ0n) is 20.6. The molecule has 3 unspecified atom stereocenters. The van der Waals surface area contributed by atoms with Crippen molar-refractivity contribution in [1.29, 1.82) is 0 Å². The number of hydrogen-bond acceptors (Lipinski definition) is 6. The molecule has 2 aromatic carbocycles. The minimum atomic E-state index is -4.03. The molecule has 2 aliphatic rings. The van der Waals surface area contributed by atoms with Gasteiger partial charge in [0.1, 0.15) is 0 Å². The number of carbonyl (C=O) groups is 2. The molecule has 8 nitrogen and oxygen atoms in total. The molecule has 0 saturated heterocycles. The number of hydrogen-bond donors (Lipinski definition) is 4. The van der Waals surface area contributed by atoms with Crippen molar-refractivity contribution in [3.63, 3.8) is 0 Å². The SMILES string of the molecule is C[C@@H](O)CNC(=O)CC1(O)C2CC[C@@H]1CC(S(=O)(=O)c1cc(C(=O)Nc3ccc(F)c(F)c3)ccc1Cl)C2. The smallest absolute Gasteiger partial charge is 0.255 e. The minimum Gasteiger partial charge on any atom is -0.392 e. The lowest BCUT2D eigenvalue weighted by Crippen LogP contribution is -2.51. The summed E-state index contributed by atoms with van der Waals surface area (Å²) in [6.07, 6.45) is 0.483. The number of aliphatic hydroxyl groups is 2. The van der Waals surface area contributed by atoms with E-state index in [0.717, 1.165) is 18.2 Å². The van der Waals surface area contributed by atoms with Crippen LogP contribution in [0.3, 0.4) is 0 Å². The number of anilines is 1. The second-order valence-corrected chi connectivity index (χ2v) is 12.8. The van der Waals surface area contributed by atoms with Crippen molar-refractivity contribution in [1.82, 2.24) is 5.32 Å². The maximum Gasteiger partial charge on any atom is 0.255 e. The standard InChI is InChI=1S/C26H29ClF2N2O6S/c1-14(32)13-30-24(33)12-26(35)16-3-4-17(26)10-19(9-16)38(36,37)23-8-15(2-6-20(23)27)25(34)31-18-5-7-21(28)22(29)11-18/h2,5-8,11,14,16-17,19,32,35H,3-4,9-10,12-13H2,1H3,(H,30,33)(H,31,34)/t14-,16-,17?,19?,26?/m1/s1. The number of aliphatic hydroxyl groups excluding tert-OH is 1. The number of rotatable bonds is 8. The van der Waals surface area contributed by atoms with E-state index in [0.29, 0.717) is 12.8 Å². The van der Waals surface area contributed by atoms with E-state index in [1.54, 1.807) is 0 Å². The topological polar surface area (TPSA) is 133 Å². The van der Waals surface area contributed by atoms with Gasteiger partial charge in [-0.3, -0.25) is 9.59 Å². The number of amides is 2. The summed E-state index contributed by atoms with van der Waals surface area (Å²) in [6.45, 7) is 1.58. The molecule has 38 heavy (non-hydrogen) atoms. The number of halogens is 3. The first-order valence-electron chi connectivity index (χ1n) is 12.3. The fraction of sp³-hybridized carbons (Fsp3) is 0.462. The Morgan fingerprint density at radius 3 is 2.37 bits per heavy atom. The van der Waals surface area contributed by atoms with Crippen LogP contribution in [-0.2, 0) is 14.6 Å². The van der Waals surface area contributed by atoms with Gasteiger partial charge in [-0.2, -0.15) is 0 Å². The Bertz CT molecular complexity index is 1340. The van der Waals surface area contributed by atoms with Gasteiger partial charge < -0.3 is 20.8 Å². The van der Waals surface area contributed by atoms with Crippen LogP contribution in [0.5, 0.6) is 0 Å². The molecule has 0 heterocycles. The van der Waals surface area contributed by atoms with E-state index < -0.39 is 62.1 Å². The molecule has 4 rings (SSSR count). The molecule has 2 amide bonds. The molecule has 0 radical (unpaired) electrons. The van der Waals surface area contributed by atoms with E-state index in [1.807, 2.05) is 0 Å². The van der Waals surface area contributed by atoms with Crippen molar-refractivity contribution in [2.75, 3.05) is 11.9 Å². The van der Waals surface area contributed by atoms with E-state index >= 15 is 0 Å². The Morgan fingerprint density at radius 2 is 1.76 bits per heavy atom. The number of fused-ring (bicyclic) bond motifs is 2. The van der Waals surface area contributed by atoms with Gasteiger partial charge in [-0.05, 0) is 74.8 Å². The largest absolute Gasteiger partial charge is 0.392 e. The van der Waals surface area contributed by atoms with Gasteiger partial charge in [0.15, 0.2) is 21.5 Å². The lowest BCUT2D eigenvalue weighted by atomic mass is 9.72. The predicted molar refractivity (Wildman–Crippen MR) is 136 cm³/mol. The van der Waals surface area contributed by atoms with Gasteiger partial charge in [0.05, 0.1) is 33.3 Å². The van der Waals surface area contributed by atoms with Crippen LogP contribution in [0.2, 0.25) is 5.02 Å². The normalized spacial score (nSPS) is 25.6. The molecule has 2 aromatic rings. The van der Waals surface area contributed by atoms with Crippen LogP contribution < -0.4 is 10.6 Å². The first-order chi connectivity index (χ1) is 17.8. The summed E-state index contributed by atoms with van der Waals surface area (Å²) in [6, 6.07) is 6.61. The van der Waals surface area contributed by atoms with E-state index in [1.165, 1.54) is 25.1 Å². The average Bonchev–Trinajstić information content (AvgIpc) is 3.00. The van der Waals surface area contributed by atoms with E-state index in [2.05, 4.69) is 10.6 Å². The molecule has 4 N–H and O–H groups in total. The molecule has 5 atom stereocenters. The summed E-state index contributed by atoms with van der Waals surface area (Å²) in [5, 5.41) is 24.8. The number of nitrogens with one attached hydrogen (secondary N) is 2. The summed E-state index contributed by atoms with van der Waals surface area (Å²) >= 11 is 6.25. The molecule has 0 aromatic heterocycles. The van der Waals surface area contributed by atoms with E-state index in [-0.39, 0.29) is 47.0 Å². The zero-order chi connectivity index (χ0) is 27.8. The third-order valence-electron chi connectivity index (χ3n) is 7.53. The summed E-state index contributed by atoms with van der Waals surface area (Å²) in [7, 11) is -4.03. The average molecular weight is 571 g/mol. The highest BCUT2D eigenvalue weighted by Crippen LogP contribution is 2.53. The van der Waals surface area contributed by atoms with E-state index in [4.69, 9.17) is 11.6 Å². The lowest BCUT2D eigenvalue weighted by molar-refractivity contribution is -0.133. The van der Waals surface area contributed by atoms with Crippen molar-refractivity contribution in [3.8, 4) is 0 Å². The first-order valence-corrected chi connectivity index (χ1v) is 14.2. The Labute approximate surface area is 224 Å². The van der Waals surface area contributed by atoms with Gasteiger partial charge in [0.2, 0.25) is 5.91 Å². The van der Waals surface area contributed by atoms with Gasteiger partial charge in [0.25, 0.3) is 5.91 Å². The molecular formula is C26H29ClF2N2O6S. The monoisotopic (exact) mass is 570 g/mol. The Balaban J connectivity index is 1.51. The third kappa shape index (κ3) is 5.70. The number of sulfone groups is 1.